The second kappa shape index (κ2) is 7.64. The van der Waals surface area contributed by atoms with Gasteiger partial charge in [-0.2, -0.15) is 0 Å². The van der Waals surface area contributed by atoms with Crippen molar-refractivity contribution in [2.45, 2.75) is 29.9 Å². The minimum atomic E-state index is -3.44. The van der Waals surface area contributed by atoms with E-state index in [1.54, 1.807) is 11.3 Å². The van der Waals surface area contributed by atoms with Gasteiger partial charge in [-0.25, -0.2) is 17.8 Å². The van der Waals surface area contributed by atoms with Crippen molar-refractivity contribution in [3.63, 3.8) is 0 Å². The molecule has 0 radical (unpaired) electrons. The molecule has 1 fully saturated rings. The van der Waals surface area contributed by atoms with Crippen LogP contribution >= 0.6 is 11.3 Å². The Morgan fingerprint density at radius 3 is 2.50 bits per heavy atom. The molecular formula is C21H21FN2O2S2. The summed E-state index contributed by atoms with van der Waals surface area (Å²) >= 11 is 1.59. The molecule has 1 aliphatic rings. The fraction of sp³-hybridized carbons (Fsp3) is 0.286. The van der Waals surface area contributed by atoms with E-state index in [0.717, 1.165) is 16.4 Å². The smallest absolute Gasteiger partial charge is 0.185 e. The highest BCUT2D eigenvalue weighted by Gasteiger charge is 2.32. The van der Waals surface area contributed by atoms with E-state index in [1.165, 1.54) is 29.8 Å². The number of sulfone groups is 1. The van der Waals surface area contributed by atoms with E-state index in [-0.39, 0.29) is 4.90 Å². The highest BCUT2D eigenvalue weighted by Crippen LogP contribution is 2.32. The van der Waals surface area contributed by atoms with Gasteiger partial charge in [-0.3, -0.25) is 0 Å². The molecule has 1 aromatic heterocycles. The van der Waals surface area contributed by atoms with Gasteiger partial charge in [0.15, 0.2) is 15.0 Å². The maximum absolute atomic E-state index is 13.1. The molecule has 0 aliphatic carbocycles. The number of aromatic nitrogens is 1. The molecule has 0 saturated carbocycles. The lowest BCUT2D eigenvalue weighted by Crippen LogP contribution is -2.39. The number of thiazole rings is 1. The van der Waals surface area contributed by atoms with Gasteiger partial charge in [-0.15, -0.1) is 11.3 Å². The first kappa shape index (κ1) is 19.1. The summed E-state index contributed by atoms with van der Waals surface area (Å²) < 4.78 is 38.7. The molecule has 2 heterocycles. The number of rotatable bonds is 4. The zero-order valence-corrected chi connectivity index (χ0v) is 17.1. The maximum atomic E-state index is 13.1. The molecule has 0 atom stereocenters. The molecular weight excluding hydrogens is 395 g/mol. The Balaban J connectivity index is 1.45. The van der Waals surface area contributed by atoms with Crippen molar-refractivity contribution < 1.29 is 12.8 Å². The van der Waals surface area contributed by atoms with Gasteiger partial charge in [0.05, 0.1) is 15.8 Å². The van der Waals surface area contributed by atoms with Crippen LogP contribution in [0.4, 0.5) is 9.52 Å². The predicted molar refractivity (Wildman–Crippen MR) is 111 cm³/mol. The Morgan fingerprint density at radius 1 is 1.11 bits per heavy atom. The van der Waals surface area contributed by atoms with Gasteiger partial charge < -0.3 is 4.90 Å². The zero-order valence-electron chi connectivity index (χ0n) is 15.5. The van der Waals surface area contributed by atoms with E-state index < -0.39 is 20.9 Å². The highest BCUT2D eigenvalue weighted by molar-refractivity contribution is 7.92. The summed E-state index contributed by atoms with van der Waals surface area (Å²) in [4.78, 5) is 7.10. The second-order valence-electron chi connectivity index (χ2n) is 7.07. The first-order chi connectivity index (χ1) is 13.4. The normalized spacial score (nSPS) is 15.7. The lowest BCUT2D eigenvalue weighted by atomic mass is 10.1. The highest BCUT2D eigenvalue weighted by atomic mass is 32.2. The van der Waals surface area contributed by atoms with Crippen molar-refractivity contribution in [1.29, 1.82) is 0 Å². The molecule has 28 heavy (non-hydrogen) atoms. The van der Waals surface area contributed by atoms with Crippen LogP contribution in [0.2, 0.25) is 0 Å². The second-order valence-corrected chi connectivity index (χ2v) is 10.1. The van der Waals surface area contributed by atoms with Crippen LogP contribution in [0, 0.1) is 12.7 Å². The molecule has 0 unspecified atom stereocenters. The van der Waals surface area contributed by atoms with Crippen LogP contribution in [0.3, 0.4) is 0 Å². The third-order valence-corrected chi connectivity index (χ3v) is 8.28. The van der Waals surface area contributed by atoms with Gasteiger partial charge in [0.1, 0.15) is 5.82 Å². The summed E-state index contributed by atoms with van der Waals surface area (Å²) in [5.74, 6) is -0.429. The molecule has 0 N–H and O–H groups in total. The van der Waals surface area contributed by atoms with Gasteiger partial charge in [-0.1, -0.05) is 23.8 Å². The summed E-state index contributed by atoms with van der Waals surface area (Å²) in [5.41, 5.74) is 3.24. The van der Waals surface area contributed by atoms with Crippen LogP contribution in [0.25, 0.3) is 11.3 Å². The Hall–Kier alpha value is -2.25. The summed E-state index contributed by atoms with van der Waals surface area (Å²) in [6, 6.07) is 13.3. The van der Waals surface area contributed by atoms with E-state index in [2.05, 4.69) is 24.0 Å². The molecule has 0 amide bonds. The van der Waals surface area contributed by atoms with Crippen LogP contribution in [-0.2, 0) is 9.84 Å². The van der Waals surface area contributed by atoms with Crippen LogP contribution in [0.15, 0.2) is 58.8 Å². The average Bonchev–Trinajstić information content (AvgIpc) is 3.19. The van der Waals surface area contributed by atoms with Crippen molar-refractivity contribution in [2.24, 2.45) is 0 Å². The number of hydrogen-bond donors (Lipinski definition) is 0. The summed E-state index contributed by atoms with van der Waals surface area (Å²) in [5, 5.41) is 2.53. The molecule has 2 aromatic carbocycles. The lowest BCUT2D eigenvalue weighted by molar-refractivity contribution is 0.529. The quantitative estimate of drug-likeness (QED) is 0.579. The van der Waals surface area contributed by atoms with Crippen molar-refractivity contribution in [3.05, 3.63) is 65.3 Å². The molecule has 4 rings (SSSR count). The Labute approximate surface area is 168 Å². The monoisotopic (exact) mass is 416 g/mol. The summed E-state index contributed by atoms with van der Waals surface area (Å²) in [6.07, 6.45) is 1.08. The van der Waals surface area contributed by atoms with Gasteiger partial charge >= 0.3 is 0 Å². The van der Waals surface area contributed by atoms with Crippen LogP contribution in [0.5, 0.6) is 0 Å². The number of nitrogens with zero attached hydrogens (tertiary/aromatic N) is 2. The Bertz CT molecular complexity index is 1070. The minimum absolute atomic E-state index is 0.198. The molecule has 4 nitrogen and oxygen atoms in total. The number of halogens is 1. The molecule has 0 spiro atoms. The number of hydrogen-bond acceptors (Lipinski definition) is 5. The number of anilines is 1. The standard InChI is InChI=1S/C21H21FN2O2S2/c1-15-3-2-4-16(13-15)20-14-27-21(23-20)24-11-9-19(10-12-24)28(25,26)18-7-5-17(22)6-8-18/h2-8,13-14,19H,9-12H2,1H3. The van der Waals surface area contributed by atoms with Gasteiger partial charge in [0.25, 0.3) is 0 Å². The zero-order chi connectivity index (χ0) is 19.7. The Morgan fingerprint density at radius 2 is 1.82 bits per heavy atom. The van der Waals surface area contributed by atoms with Crippen LogP contribution in [-0.4, -0.2) is 31.7 Å². The summed E-state index contributed by atoms with van der Waals surface area (Å²) in [7, 11) is -3.44. The molecule has 3 aromatic rings. The third kappa shape index (κ3) is 3.82. The molecule has 146 valence electrons. The van der Waals surface area contributed by atoms with Crippen molar-refractivity contribution in [1.82, 2.24) is 4.98 Å². The number of benzene rings is 2. The first-order valence-electron chi connectivity index (χ1n) is 9.20. The van der Waals surface area contributed by atoms with Crippen molar-refractivity contribution in [3.8, 4) is 11.3 Å². The fourth-order valence-corrected chi connectivity index (χ4v) is 6.14. The van der Waals surface area contributed by atoms with E-state index in [4.69, 9.17) is 4.98 Å². The first-order valence-corrected chi connectivity index (χ1v) is 11.6. The minimum Gasteiger partial charge on any atom is -0.348 e. The van der Waals surface area contributed by atoms with Crippen molar-refractivity contribution in [2.75, 3.05) is 18.0 Å². The van der Waals surface area contributed by atoms with E-state index >= 15 is 0 Å². The van der Waals surface area contributed by atoms with E-state index in [0.29, 0.717) is 25.9 Å². The number of aryl methyl sites for hydroxylation is 1. The molecule has 1 aliphatic heterocycles. The van der Waals surface area contributed by atoms with Crippen LogP contribution < -0.4 is 4.90 Å². The average molecular weight is 417 g/mol. The molecule has 7 heteroatoms. The molecule has 0 bridgehead atoms. The van der Waals surface area contributed by atoms with E-state index in [9.17, 15) is 12.8 Å². The molecule has 1 saturated heterocycles. The van der Waals surface area contributed by atoms with Crippen molar-refractivity contribution >= 4 is 26.3 Å². The van der Waals surface area contributed by atoms with Crippen LogP contribution in [0.1, 0.15) is 18.4 Å². The third-order valence-electron chi connectivity index (χ3n) is 5.10. The summed E-state index contributed by atoms with van der Waals surface area (Å²) in [6.45, 7) is 3.35. The SMILES string of the molecule is Cc1cccc(-c2csc(N3CCC(S(=O)(=O)c4ccc(F)cc4)CC3)n2)c1. The topological polar surface area (TPSA) is 50.3 Å². The predicted octanol–water partition coefficient (Wildman–Crippen LogP) is 4.70. The van der Waals surface area contributed by atoms with Gasteiger partial charge in [0, 0.05) is 24.0 Å². The maximum Gasteiger partial charge on any atom is 0.185 e. The van der Waals surface area contributed by atoms with E-state index in [1.807, 2.05) is 17.5 Å². The van der Waals surface area contributed by atoms with Gasteiger partial charge in [-0.05, 0) is 50.1 Å². The van der Waals surface area contributed by atoms with Gasteiger partial charge in [0.2, 0.25) is 0 Å². The number of piperidine rings is 1. The fourth-order valence-electron chi connectivity index (χ4n) is 3.52. The Kier molecular flexibility index (Phi) is 5.21. The lowest BCUT2D eigenvalue weighted by Gasteiger charge is -2.31. The largest absolute Gasteiger partial charge is 0.348 e.